The number of amides is 1. The highest BCUT2D eigenvalue weighted by Crippen LogP contribution is 2.57. The minimum Gasteiger partial charge on any atom is -0.507 e. The number of aromatic amines is 1. The van der Waals surface area contributed by atoms with Crippen LogP contribution in [0.3, 0.4) is 0 Å². The van der Waals surface area contributed by atoms with E-state index in [0.29, 0.717) is 29.1 Å². The molecule has 1 aromatic carbocycles. The smallest absolute Gasteiger partial charge is 0.245 e. The van der Waals surface area contributed by atoms with E-state index in [-0.39, 0.29) is 17.6 Å². The second kappa shape index (κ2) is 7.17. The molecule has 2 aromatic heterocycles. The standard InChI is InChI=1S/C25H26N4O3/c1-2-21(31)29-8-7-15(12-29)23-22(16-10-25(11-16)13-32-14-25)18-9-19(27-28-24(18)26-23)17-5-3-4-6-20(17)30/h2-6,9,15-16,30H,1,7-8,10-14H2,(H,26,28). The van der Waals surface area contributed by atoms with E-state index in [1.807, 2.05) is 17.0 Å². The van der Waals surface area contributed by atoms with Crippen molar-refractivity contribution in [3.8, 4) is 17.0 Å². The lowest BCUT2D eigenvalue weighted by Gasteiger charge is -2.53. The molecule has 1 saturated carbocycles. The Hall–Kier alpha value is -3.19. The number of nitrogens with one attached hydrogen (secondary N) is 1. The number of aromatic nitrogens is 3. The van der Waals surface area contributed by atoms with Crippen LogP contribution in [0, 0.1) is 5.41 Å². The van der Waals surface area contributed by atoms with Crippen LogP contribution in [0.1, 0.15) is 42.4 Å². The molecule has 3 aliphatic rings. The zero-order valence-electron chi connectivity index (χ0n) is 17.9. The Morgan fingerprint density at radius 1 is 1.25 bits per heavy atom. The van der Waals surface area contributed by atoms with E-state index < -0.39 is 0 Å². The minimum atomic E-state index is -0.0130. The number of H-pyrrole nitrogens is 1. The Balaban J connectivity index is 1.43. The molecule has 1 aliphatic carbocycles. The normalized spacial score (nSPS) is 22.1. The Bertz CT molecular complexity index is 1220. The van der Waals surface area contributed by atoms with Crippen molar-refractivity contribution in [3.05, 3.63) is 54.2 Å². The molecule has 4 heterocycles. The molecule has 1 unspecified atom stereocenters. The number of phenols is 1. The molecule has 2 aliphatic heterocycles. The fraction of sp³-hybridized carbons (Fsp3) is 0.400. The topological polar surface area (TPSA) is 91.3 Å². The maximum atomic E-state index is 12.2. The van der Waals surface area contributed by atoms with Gasteiger partial charge < -0.3 is 19.7 Å². The molecule has 3 fully saturated rings. The van der Waals surface area contributed by atoms with Crippen LogP contribution in [-0.4, -0.2) is 57.4 Å². The number of hydrogen-bond donors (Lipinski definition) is 2. The van der Waals surface area contributed by atoms with Gasteiger partial charge in [-0.3, -0.25) is 4.79 Å². The van der Waals surface area contributed by atoms with Gasteiger partial charge in [0.05, 0.1) is 18.9 Å². The van der Waals surface area contributed by atoms with Crippen molar-refractivity contribution in [2.75, 3.05) is 26.3 Å². The molecule has 1 amide bonds. The van der Waals surface area contributed by atoms with E-state index in [9.17, 15) is 9.90 Å². The lowest BCUT2D eigenvalue weighted by Crippen LogP contribution is -2.51. The second-order valence-electron chi connectivity index (χ2n) is 9.53. The molecule has 1 spiro atoms. The molecule has 0 bridgehead atoms. The Kier molecular flexibility index (Phi) is 4.37. The monoisotopic (exact) mass is 430 g/mol. The third-order valence-electron chi connectivity index (χ3n) is 7.47. The van der Waals surface area contributed by atoms with Crippen LogP contribution in [0.15, 0.2) is 43.0 Å². The SMILES string of the molecule is C=CC(=O)N1CCC(c2[nH]c3nnc(-c4ccccc4O)cc3c2C2CC3(COC3)C2)C1. The predicted molar refractivity (Wildman–Crippen MR) is 120 cm³/mol. The Morgan fingerprint density at radius 2 is 2.06 bits per heavy atom. The van der Waals surface area contributed by atoms with Crippen molar-refractivity contribution in [2.24, 2.45) is 5.41 Å². The average molecular weight is 431 g/mol. The number of phenolic OH excluding ortho intramolecular Hbond substituents is 1. The third kappa shape index (κ3) is 2.95. The van der Waals surface area contributed by atoms with E-state index in [1.165, 1.54) is 17.3 Å². The molecule has 2 saturated heterocycles. The molecule has 2 N–H and O–H groups in total. The van der Waals surface area contributed by atoms with Gasteiger partial charge in [0.1, 0.15) is 5.75 Å². The summed E-state index contributed by atoms with van der Waals surface area (Å²) in [5.41, 5.74) is 4.95. The van der Waals surface area contributed by atoms with Gasteiger partial charge in [-0.2, -0.15) is 0 Å². The fourth-order valence-electron chi connectivity index (χ4n) is 5.75. The number of nitrogens with zero attached hydrogens (tertiary/aromatic N) is 3. The number of para-hydroxylation sites is 1. The number of hydrogen-bond acceptors (Lipinski definition) is 5. The van der Waals surface area contributed by atoms with Crippen LogP contribution in [0.2, 0.25) is 0 Å². The van der Waals surface area contributed by atoms with Crippen molar-refractivity contribution in [2.45, 2.75) is 31.1 Å². The average Bonchev–Trinajstić information content (AvgIpc) is 3.36. The maximum Gasteiger partial charge on any atom is 0.245 e. The van der Waals surface area contributed by atoms with Crippen LogP contribution in [-0.2, 0) is 9.53 Å². The van der Waals surface area contributed by atoms with Gasteiger partial charge in [-0.15, -0.1) is 10.2 Å². The number of ether oxygens (including phenoxy) is 1. The third-order valence-corrected chi connectivity index (χ3v) is 7.47. The van der Waals surface area contributed by atoms with E-state index in [2.05, 4.69) is 27.8 Å². The largest absolute Gasteiger partial charge is 0.507 e. The summed E-state index contributed by atoms with van der Waals surface area (Å²) in [6.07, 6.45) is 4.54. The Morgan fingerprint density at radius 3 is 2.78 bits per heavy atom. The van der Waals surface area contributed by atoms with Crippen LogP contribution >= 0.6 is 0 Å². The van der Waals surface area contributed by atoms with Crippen molar-refractivity contribution >= 4 is 16.9 Å². The van der Waals surface area contributed by atoms with Crippen LogP contribution in [0.5, 0.6) is 5.75 Å². The van der Waals surface area contributed by atoms with Crippen LogP contribution in [0.4, 0.5) is 0 Å². The van der Waals surface area contributed by atoms with Crippen molar-refractivity contribution in [1.82, 2.24) is 20.1 Å². The maximum absolute atomic E-state index is 12.2. The van der Waals surface area contributed by atoms with E-state index in [4.69, 9.17) is 4.74 Å². The molecule has 7 nitrogen and oxygen atoms in total. The van der Waals surface area contributed by atoms with Crippen LogP contribution < -0.4 is 0 Å². The Labute approximate surface area is 186 Å². The molecule has 3 aromatic rings. The van der Waals surface area contributed by atoms with Gasteiger partial charge in [0, 0.05) is 41.1 Å². The second-order valence-corrected chi connectivity index (χ2v) is 9.53. The first-order valence-electron chi connectivity index (χ1n) is 11.2. The van der Waals surface area contributed by atoms with E-state index in [1.54, 1.807) is 12.1 Å². The number of aromatic hydroxyl groups is 1. The summed E-state index contributed by atoms with van der Waals surface area (Å²) in [5, 5.41) is 20.3. The molecule has 32 heavy (non-hydrogen) atoms. The lowest BCUT2D eigenvalue weighted by atomic mass is 9.58. The molecule has 1 atom stereocenters. The number of carbonyl (C=O) groups excluding carboxylic acids is 1. The zero-order chi connectivity index (χ0) is 21.9. The van der Waals surface area contributed by atoms with Gasteiger partial charge in [0.15, 0.2) is 5.65 Å². The molecular formula is C25H26N4O3. The molecule has 164 valence electrons. The number of benzene rings is 1. The van der Waals surface area contributed by atoms with Crippen molar-refractivity contribution in [1.29, 1.82) is 0 Å². The first-order valence-corrected chi connectivity index (χ1v) is 11.2. The summed E-state index contributed by atoms with van der Waals surface area (Å²) in [6.45, 7) is 6.77. The van der Waals surface area contributed by atoms with E-state index >= 15 is 0 Å². The summed E-state index contributed by atoms with van der Waals surface area (Å²) in [4.78, 5) is 17.6. The highest BCUT2D eigenvalue weighted by molar-refractivity contribution is 5.88. The quantitative estimate of drug-likeness (QED) is 0.616. The number of carbonyl (C=O) groups is 1. The van der Waals surface area contributed by atoms with E-state index in [0.717, 1.165) is 50.1 Å². The van der Waals surface area contributed by atoms with Gasteiger partial charge in [-0.1, -0.05) is 18.7 Å². The van der Waals surface area contributed by atoms with Crippen molar-refractivity contribution in [3.63, 3.8) is 0 Å². The summed E-state index contributed by atoms with van der Waals surface area (Å²) < 4.78 is 5.49. The lowest BCUT2D eigenvalue weighted by molar-refractivity contribution is -0.164. The zero-order valence-corrected chi connectivity index (χ0v) is 17.9. The molecule has 0 radical (unpaired) electrons. The summed E-state index contributed by atoms with van der Waals surface area (Å²) in [7, 11) is 0. The van der Waals surface area contributed by atoms with Crippen LogP contribution in [0.25, 0.3) is 22.3 Å². The summed E-state index contributed by atoms with van der Waals surface area (Å²) in [6, 6.07) is 9.27. The fourth-order valence-corrected chi connectivity index (χ4v) is 5.75. The molecular weight excluding hydrogens is 404 g/mol. The molecule has 6 rings (SSSR count). The van der Waals surface area contributed by atoms with Gasteiger partial charge in [-0.05, 0) is 55.0 Å². The highest BCUT2D eigenvalue weighted by atomic mass is 16.5. The van der Waals surface area contributed by atoms with Crippen molar-refractivity contribution < 1.29 is 14.6 Å². The number of rotatable bonds is 4. The molecule has 7 heteroatoms. The first kappa shape index (κ1) is 19.5. The number of likely N-dealkylation sites (tertiary alicyclic amines) is 1. The van der Waals surface area contributed by atoms with Gasteiger partial charge in [0.25, 0.3) is 0 Å². The van der Waals surface area contributed by atoms with Gasteiger partial charge in [-0.25, -0.2) is 0 Å². The first-order chi connectivity index (χ1) is 15.6. The van der Waals surface area contributed by atoms with Gasteiger partial charge in [0.2, 0.25) is 5.91 Å². The highest BCUT2D eigenvalue weighted by Gasteiger charge is 2.51. The summed E-state index contributed by atoms with van der Waals surface area (Å²) >= 11 is 0. The number of fused-ring (bicyclic) bond motifs is 1. The summed E-state index contributed by atoms with van der Waals surface area (Å²) in [5.74, 6) is 0.863. The van der Waals surface area contributed by atoms with Gasteiger partial charge >= 0.3 is 0 Å². The minimum absolute atomic E-state index is 0.0130. The predicted octanol–water partition coefficient (Wildman–Crippen LogP) is 3.73.